The molecule has 0 fully saturated rings. The molecular weight excluding hydrogens is 452 g/mol. The van der Waals surface area contributed by atoms with E-state index in [1.807, 2.05) is 118 Å². The van der Waals surface area contributed by atoms with Gasteiger partial charge in [-0.1, -0.05) is 120 Å². The third kappa shape index (κ3) is 3.82. The molecule has 0 bridgehead atoms. The van der Waals surface area contributed by atoms with Crippen LogP contribution in [-0.4, -0.2) is 11.6 Å². The van der Waals surface area contributed by atoms with Gasteiger partial charge in [-0.05, 0) is 54.2 Å². The molecule has 0 saturated carbocycles. The van der Waals surface area contributed by atoms with Gasteiger partial charge in [-0.3, -0.25) is 9.59 Å². The molecule has 0 spiro atoms. The first-order valence-corrected chi connectivity index (χ1v) is 12.5. The van der Waals surface area contributed by atoms with Gasteiger partial charge in [0.15, 0.2) is 11.6 Å². The number of benzene rings is 5. The Hall–Kier alpha value is -4.56. The number of fused-ring (bicyclic) bond motifs is 2. The van der Waals surface area contributed by atoms with Crippen molar-refractivity contribution in [3.63, 3.8) is 0 Å². The molecule has 0 atom stereocenters. The predicted octanol–water partition coefficient (Wildman–Crippen LogP) is 8.39. The minimum Gasteiger partial charge on any atom is -0.289 e. The molecule has 37 heavy (non-hydrogen) atoms. The monoisotopic (exact) mass is 478 g/mol. The van der Waals surface area contributed by atoms with Crippen LogP contribution in [0, 0.1) is 20.8 Å². The Balaban J connectivity index is 1.65. The van der Waals surface area contributed by atoms with Crippen LogP contribution >= 0.6 is 0 Å². The SMILES string of the molecule is Cc1ccc(-c2cccc3c2C(=O)c2c(-c4ccc(C)cc4)ccc(-c4ccc(C)cc4)c2C3=O)cc1. The van der Waals surface area contributed by atoms with Crippen LogP contribution < -0.4 is 0 Å². The highest BCUT2D eigenvalue weighted by Gasteiger charge is 2.36. The lowest BCUT2D eigenvalue weighted by atomic mass is 9.75. The standard InChI is InChI=1S/C35H26O2/c1-21-7-13-24(14-8-21)27-5-4-6-30-31(27)35(37)33-29(26-17-11-23(3)12-18-26)20-19-28(32(33)34(30)36)25-15-9-22(2)10-16-25/h4-20H,1-3H3. The second-order valence-electron chi connectivity index (χ2n) is 9.90. The topological polar surface area (TPSA) is 34.1 Å². The lowest BCUT2D eigenvalue weighted by molar-refractivity contribution is 0.0980. The highest BCUT2D eigenvalue weighted by molar-refractivity contribution is 6.33. The van der Waals surface area contributed by atoms with Crippen LogP contribution in [0.2, 0.25) is 0 Å². The van der Waals surface area contributed by atoms with E-state index in [0.717, 1.165) is 50.1 Å². The zero-order valence-electron chi connectivity index (χ0n) is 21.1. The molecule has 0 saturated heterocycles. The Morgan fingerprint density at radius 1 is 0.351 bits per heavy atom. The molecule has 0 N–H and O–H groups in total. The highest BCUT2D eigenvalue weighted by atomic mass is 16.1. The Kier molecular flexibility index (Phi) is 5.46. The number of hydrogen-bond donors (Lipinski definition) is 0. The van der Waals surface area contributed by atoms with E-state index in [4.69, 9.17) is 0 Å². The summed E-state index contributed by atoms with van der Waals surface area (Å²) in [6.45, 7) is 6.12. The van der Waals surface area contributed by atoms with Crippen molar-refractivity contribution in [1.29, 1.82) is 0 Å². The van der Waals surface area contributed by atoms with E-state index in [0.29, 0.717) is 22.3 Å². The Labute approximate surface area is 217 Å². The molecule has 0 radical (unpaired) electrons. The third-order valence-corrected chi connectivity index (χ3v) is 7.28. The molecule has 0 aromatic heterocycles. The quantitative estimate of drug-likeness (QED) is 0.256. The molecule has 5 aromatic rings. The molecule has 1 aliphatic rings. The van der Waals surface area contributed by atoms with Crippen molar-refractivity contribution in [2.24, 2.45) is 0 Å². The Morgan fingerprint density at radius 2 is 0.703 bits per heavy atom. The van der Waals surface area contributed by atoms with E-state index >= 15 is 0 Å². The number of rotatable bonds is 3. The van der Waals surface area contributed by atoms with E-state index in [-0.39, 0.29) is 11.6 Å². The van der Waals surface area contributed by atoms with E-state index in [1.54, 1.807) is 6.07 Å². The van der Waals surface area contributed by atoms with Crippen LogP contribution in [0.5, 0.6) is 0 Å². The van der Waals surface area contributed by atoms with Crippen molar-refractivity contribution in [2.75, 3.05) is 0 Å². The van der Waals surface area contributed by atoms with Crippen molar-refractivity contribution in [3.8, 4) is 33.4 Å². The lowest BCUT2D eigenvalue weighted by Crippen LogP contribution is -2.23. The first-order chi connectivity index (χ1) is 17.9. The number of carbonyl (C=O) groups excluding carboxylic acids is 2. The fourth-order valence-corrected chi connectivity index (χ4v) is 5.24. The van der Waals surface area contributed by atoms with Gasteiger partial charge in [0, 0.05) is 22.3 Å². The zero-order chi connectivity index (χ0) is 25.7. The molecule has 0 unspecified atom stereocenters. The van der Waals surface area contributed by atoms with Gasteiger partial charge < -0.3 is 0 Å². The van der Waals surface area contributed by atoms with Crippen LogP contribution in [0.15, 0.2) is 103 Å². The summed E-state index contributed by atoms with van der Waals surface area (Å²) in [7, 11) is 0. The fraction of sp³-hybridized carbons (Fsp3) is 0.0857. The summed E-state index contributed by atoms with van der Waals surface area (Å²) in [5.41, 5.74) is 10.5. The molecule has 178 valence electrons. The van der Waals surface area contributed by atoms with Crippen molar-refractivity contribution in [2.45, 2.75) is 20.8 Å². The van der Waals surface area contributed by atoms with E-state index < -0.39 is 0 Å². The summed E-state index contributed by atoms with van der Waals surface area (Å²) < 4.78 is 0. The van der Waals surface area contributed by atoms with Crippen LogP contribution in [0.25, 0.3) is 33.4 Å². The molecule has 5 aromatic carbocycles. The summed E-state index contributed by atoms with van der Waals surface area (Å²) in [5.74, 6) is -0.214. The van der Waals surface area contributed by atoms with E-state index in [2.05, 4.69) is 0 Å². The maximum Gasteiger partial charge on any atom is 0.195 e. The van der Waals surface area contributed by atoms with Gasteiger partial charge in [0.25, 0.3) is 0 Å². The number of ketones is 2. The van der Waals surface area contributed by atoms with Crippen molar-refractivity contribution in [3.05, 3.63) is 142 Å². The van der Waals surface area contributed by atoms with Gasteiger partial charge in [0.05, 0.1) is 0 Å². The maximum absolute atomic E-state index is 14.5. The zero-order valence-corrected chi connectivity index (χ0v) is 21.1. The molecule has 2 nitrogen and oxygen atoms in total. The molecule has 0 amide bonds. The Bertz CT molecular complexity index is 1690. The third-order valence-electron chi connectivity index (χ3n) is 7.28. The minimum absolute atomic E-state index is 0.106. The normalized spacial score (nSPS) is 12.3. The Morgan fingerprint density at radius 3 is 1.14 bits per heavy atom. The summed E-state index contributed by atoms with van der Waals surface area (Å²) in [4.78, 5) is 28.7. The second-order valence-corrected chi connectivity index (χ2v) is 9.90. The van der Waals surface area contributed by atoms with Gasteiger partial charge in [-0.15, -0.1) is 0 Å². The molecular formula is C35H26O2. The number of aryl methyl sites for hydroxylation is 3. The number of carbonyl (C=O) groups is 2. The van der Waals surface area contributed by atoms with Crippen molar-refractivity contribution in [1.82, 2.24) is 0 Å². The average Bonchev–Trinajstić information content (AvgIpc) is 2.92. The van der Waals surface area contributed by atoms with Gasteiger partial charge in [-0.2, -0.15) is 0 Å². The van der Waals surface area contributed by atoms with Gasteiger partial charge in [0.2, 0.25) is 0 Å². The highest BCUT2D eigenvalue weighted by Crippen LogP contribution is 2.42. The summed E-state index contributed by atoms with van der Waals surface area (Å²) in [5, 5.41) is 0. The molecule has 0 aliphatic heterocycles. The predicted molar refractivity (Wildman–Crippen MR) is 150 cm³/mol. The lowest BCUT2D eigenvalue weighted by Gasteiger charge is -2.25. The summed E-state index contributed by atoms with van der Waals surface area (Å²) in [6, 6.07) is 33.9. The molecule has 1 aliphatic carbocycles. The summed E-state index contributed by atoms with van der Waals surface area (Å²) >= 11 is 0. The maximum atomic E-state index is 14.5. The van der Waals surface area contributed by atoms with Gasteiger partial charge in [0.1, 0.15) is 0 Å². The van der Waals surface area contributed by atoms with E-state index in [1.165, 1.54) is 0 Å². The van der Waals surface area contributed by atoms with Crippen LogP contribution in [0.4, 0.5) is 0 Å². The second kappa shape index (κ2) is 8.83. The van der Waals surface area contributed by atoms with Crippen LogP contribution in [0.1, 0.15) is 48.5 Å². The first-order valence-electron chi connectivity index (χ1n) is 12.5. The molecule has 2 heteroatoms. The van der Waals surface area contributed by atoms with E-state index in [9.17, 15) is 9.59 Å². The molecule has 0 heterocycles. The fourth-order valence-electron chi connectivity index (χ4n) is 5.24. The van der Waals surface area contributed by atoms with Crippen molar-refractivity contribution < 1.29 is 9.59 Å². The van der Waals surface area contributed by atoms with Crippen molar-refractivity contribution >= 4 is 11.6 Å². The van der Waals surface area contributed by atoms with Gasteiger partial charge >= 0.3 is 0 Å². The average molecular weight is 479 g/mol. The van der Waals surface area contributed by atoms with Crippen LogP contribution in [0.3, 0.4) is 0 Å². The smallest absolute Gasteiger partial charge is 0.195 e. The molecule has 6 rings (SSSR count). The largest absolute Gasteiger partial charge is 0.289 e. The minimum atomic E-state index is -0.108. The summed E-state index contributed by atoms with van der Waals surface area (Å²) in [6.07, 6.45) is 0. The first kappa shape index (κ1) is 22.9. The van der Waals surface area contributed by atoms with Gasteiger partial charge in [-0.25, -0.2) is 0 Å². The number of hydrogen-bond acceptors (Lipinski definition) is 2. The van der Waals surface area contributed by atoms with Crippen LogP contribution in [-0.2, 0) is 0 Å².